The maximum atomic E-state index is 12.3. The summed E-state index contributed by atoms with van der Waals surface area (Å²) in [6, 6.07) is 10.7. The lowest BCUT2D eigenvalue weighted by molar-refractivity contribution is -0.143. The zero-order valence-electron chi connectivity index (χ0n) is 16.0. The summed E-state index contributed by atoms with van der Waals surface area (Å²) < 4.78 is 38.8. The Morgan fingerprint density at radius 3 is 2.87 bits per heavy atom. The molecule has 0 aliphatic carbocycles. The van der Waals surface area contributed by atoms with Crippen molar-refractivity contribution in [2.75, 3.05) is 13.2 Å². The predicted octanol–water partition coefficient (Wildman–Crippen LogP) is 3.80. The molecule has 0 bridgehead atoms. The number of alkyl halides is 3. The molecule has 0 spiro atoms. The molecule has 3 aromatic rings. The van der Waals surface area contributed by atoms with Gasteiger partial charge in [0.25, 0.3) is 0 Å². The molecule has 30 heavy (non-hydrogen) atoms. The Labute approximate surface area is 170 Å². The van der Waals surface area contributed by atoms with Crippen LogP contribution in [0.25, 0.3) is 16.9 Å². The van der Waals surface area contributed by atoms with Gasteiger partial charge in [0.2, 0.25) is 0 Å². The third-order valence-corrected chi connectivity index (χ3v) is 4.31. The summed E-state index contributed by atoms with van der Waals surface area (Å²) in [5, 5.41) is 12.4. The summed E-state index contributed by atoms with van der Waals surface area (Å²) in [7, 11) is 0. The molecule has 2 aromatic heterocycles. The lowest BCUT2D eigenvalue weighted by Gasteiger charge is -2.07. The van der Waals surface area contributed by atoms with E-state index in [-0.39, 0.29) is 19.6 Å². The first-order valence-corrected chi connectivity index (χ1v) is 9.27. The number of carbonyl (C=O) groups excluding carboxylic acids is 1. The van der Waals surface area contributed by atoms with Gasteiger partial charge in [-0.1, -0.05) is 23.4 Å². The molecule has 2 heterocycles. The van der Waals surface area contributed by atoms with E-state index in [0.717, 1.165) is 16.8 Å². The molecule has 9 heteroatoms. The fourth-order valence-electron chi connectivity index (χ4n) is 2.92. The molecule has 0 atom stereocenters. The Bertz CT molecular complexity index is 1040. The van der Waals surface area contributed by atoms with Crippen molar-refractivity contribution in [1.82, 2.24) is 9.38 Å². The van der Waals surface area contributed by atoms with Gasteiger partial charge in [0.1, 0.15) is 18.0 Å². The molecular weight excluding hydrogens is 399 g/mol. The number of pyridine rings is 1. The van der Waals surface area contributed by atoms with Crippen LogP contribution in [0.3, 0.4) is 0 Å². The van der Waals surface area contributed by atoms with Crippen LogP contribution in [0.15, 0.2) is 53.9 Å². The Hall–Kier alpha value is -3.20. The third-order valence-electron chi connectivity index (χ3n) is 4.31. The Balaban J connectivity index is 1.75. The average molecular weight is 419 g/mol. The molecule has 0 aliphatic rings. The summed E-state index contributed by atoms with van der Waals surface area (Å²) in [5.41, 5.74) is 3.68. The number of benzene rings is 1. The van der Waals surface area contributed by atoms with E-state index < -0.39 is 24.8 Å². The lowest BCUT2D eigenvalue weighted by atomic mass is 10.0. The number of nitrogens with zero attached hydrogens (tertiary/aromatic N) is 3. The number of ketones is 1. The molecule has 0 radical (unpaired) electrons. The molecule has 1 N–H and O–H groups in total. The van der Waals surface area contributed by atoms with Crippen LogP contribution in [0, 0.1) is 0 Å². The van der Waals surface area contributed by atoms with E-state index in [1.54, 1.807) is 30.5 Å². The Morgan fingerprint density at radius 2 is 2.10 bits per heavy atom. The number of fused-ring (bicyclic) bond motifs is 1. The number of rotatable bonds is 9. The Morgan fingerprint density at radius 1 is 1.27 bits per heavy atom. The van der Waals surface area contributed by atoms with E-state index in [0.29, 0.717) is 11.2 Å². The van der Waals surface area contributed by atoms with Crippen LogP contribution in [-0.4, -0.2) is 45.9 Å². The second-order valence-corrected chi connectivity index (χ2v) is 6.65. The number of aliphatic hydroxyl groups is 1. The van der Waals surface area contributed by atoms with Crippen molar-refractivity contribution < 1.29 is 27.9 Å². The first-order chi connectivity index (χ1) is 14.4. The fraction of sp³-hybridized carbons (Fsp3) is 0.286. The van der Waals surface area contributed by atoms with Crippen LogP contribution in [0.4, 0.5) is 13.2 Å². The van der Waals surface area contributed by atoms with Crippen LogP contribution < -0.4 is 0 Å². The van der Waals surface area contributed by atoms with Crippen molar-refractivity contribution in [1.29, 1.82) is 0 Å². The number of aromatic nitrogens is 2. The second-order valence-electron chi connectivity index (χ2n) is 6.65. The van der Waals surface area contributed by atoms with E-state index in [2.05, 4.69) is 10.1 Å². The maximum Gasteiger partial charge on any atom is 0.389 e. The first kappa shape index (κ1) is 21.5. The van der Waals surface area contributed by atoms with E-state index in [9.17, 15) is 18.0 Å². The van der Waals surface area contributed by atoms with E-state index in [4.69, 9.17) is 9.94 Å². The number of Topliss-reactive ketones (excluding diaryl/α,β-unsaturated/α-hetero) is 1. The molecule has 0 fully saturated rings. The van der Waals surface area contributed by atoms with Gasteiger partial charge in [-0.15, -0.1) is 0 Å². The number of imidazole rings is 1. The molecule has 6 nitrogen and oxygen atoms in total. The molecule has 1 aromatic carbocycles. The third kappa shape index (κ3) is 5.90. The van der Waals surface area contributed by atoms with Gasteiger partial charge in [-0.05, 0) is 23.8 Å². The SMILES string of the molecule is O=C(CCC(F)(F)F)Cc1cccc(-c2cnc3cc(C=NOCCO)ccn23)c1. The molecule has 0 saturated heterocycles. The topological polar surface area (TPSA) is 76.2 Å². The number of hydrogen-bond acceptors (Lipinski definition) is 5. The highest BCUT2D eigenvalue weighted by Crippen LogP contribution is 2.24. The molecule has 3 rings (SSSR count). The van der Waals surface area contributed by atoms with Crippen molar-refractivity contribution >= 4 is 17.6 Å². The minimum absolute atomic E-state index is 0.0465. The average Bonchev–Trinajstić information content (AvgIpc) is 3.13. The summed E-state index contributed by atoms with van der Waals surface area (Å²) in [6.07, 6.45) is -0.991. The highest BCUT2D eigenvalue weighted by molar-refractivity contribution is 5.82. The number of aliphatic hydroxyl groups excluding tert-OH is 1. The Kier molecular flexibility index (Phi) is 6.83. The highest BCUT2D eigenvalue weighted by atomic mass is 19.4. The standard InChI is InChI=1S/C21H20F3N3O3/c22-21(23,24)6-4-18(29)11-15-2-1-3-17(10-15)19-14-25-20-12-16(5-7-27(19)20)13-26-30-9-8-28/h1-3,5,7,10,12-14,28H,4,6,8-9,11H2. The first-order valence-electron chi connectivity index (χ1n) is 9.27. The smallest absolute Gasteiger partial charge is 0.389 e. The lowest BCUT2D eigenvalue weighted by Crippen LogP contribution is -2.12. The number of hydrogen-bond donors (Lipinski definition) is 1. The monoisotopic (exact) mass is 419 g/mol. The number of halogens is 3. The van der Waals surface area contributed by atoms with Crippen molar-refractivity contribution in [2.24, 2.45) is 5.16 Å². The van der Waals surface area contributed by atoms with Crippen LogP contribution in [0.1, 0.15) is 24.0 Å². The summed E-state index contributed by atoms with van der Waals surface area (Å²) in [6.45, 7) is -0.00565. The largest absolute Gasteiger partial charge is 0.393 e. The van der Waals surface area contributed by atoms with Crippen LogP contribution in [0.5, 0.6) is 0 Å². The van der Waals surface area contributed by atoms with Gasteiger partial charge in [-0.2, -0.15) is 13.2 Å². The molecule has 0 saturated carbocycles. The molecule has 0 aliphatic heterocycles. The highest BCUT2D eigenvalue weighted by Gasteiger charge is 2.27. The normalized spacial score (nSPS) is 12.0. The molecule has 0 amide bonds. The number of oxime groups is 1. The van der Waals surface area contributed by atoms with Gasteiger partial charge in [0.15, 0.2) is 0 Å². The molecular formula is C21H20F3N3O3. The van der Waals surface area contributed by atoms with Gasteiger partial charge in [-0.25, -0.2) is 4.98 Å². The maximum absolute atomic E-state index is 12.3. The van der Waals surface area contributed by atoms with Crippen LogP contribution in [0.2, 0.25) is 0 Å². The molecule has 158 valence electrons. The van der Waals surface area contributed by atoms with Crippen LogP contribution in [-0.2, 0) is 16.1 Å². The second kappa shape index (κ2) is 9.53. The van der Waals surface area contributed by atoms with Gasteiger partial charge in [-0.3, -0.25) is 9.20 Å². The van der Waals surface area contributed by atoms with Gasteiger partial charge in [0.05, 0.1) is 31.1 Å². The minimum atomic E-state index is -4.33. The van der Waals surface area contributed by atoms with Crippen molar-refractivity contribution in [2.45, 2.75) is 25.4 Å². The summed E-state index contributed by atoms with van der Waals surface area (Å²) in [4.78, 5) is 21.1. The van der Waals surface area contributed by atoms with Gasteiger partial charge >= 0.3 is 6.18 Å². The number of carbonyl (C=O) groups is 1. The van der Waals surface area contributed by atoms with Crippen molar-refractivity contribution in [3.63, 3.8) is 0 Å². The molecule has 0 unspecified atom stereocenters. The van der Waals surface area contributed by atoms with Crippen molar-refractivity contribution in [3.8, 4) is 11.3 Å². The zero-order valence-corrected chi connectivity index (χ0v) is 16.0. The zero-order chi connectivity index (χ0) is 21.6. The van der Waals surface area contributed by atoms with E-state index in [1.807, 2.05) is 22.7 Å². The van der Waals surface area contributed by atoms with E-state index in [1.165, 1.54) is 6.21 Å². The fourth-order valence-corrected chi connectivity index (χ4v) is 2.92. The summed E-state index contributed by atoms with van der Waals surface area (Å²) >= 11 is 0. The predicted molar refractivity (Wildman–Crippen MR) is 105 cm³/mol. The summed E-state index contributed by atoms with van der Waals surface area (Å²) in [5.74, 6) is -0.449. The van der Waals surface area contributed by atoms with Gasteiger partial charge < -0.3 is 9.94 Å². The quantitative estimate of drug-likeness (QED) is 0.325. The van der Waals surface area contributed by atoms with E-state index >= 15 is 0 Å². The van der Waals surface area contributed by atoms with Gasteiger partial charge in [0, 0.05) is 30.2 Å². The van der Waals surface area contributed by atoms with Crippen molar-refractivity contribution in [3.05, 3.63) is 59.9 Å². The minimum Gasteiger partial charge on any atom is -0.393 e. The van der Waals surface area contributed by atoms with Crippen LogP contribution >= 0.6 is 0 Å².